The Labute approximate surface area is 89.8 Å². The molecule has 76 valence electrons. The summed E-state index contributed by atoms with van der Waals surface area (Å²) in [5.74, 6) is 0.715. The molecular formula is C11H15ClN2. The van der Waals surface area contributed by atoms with Gasteiger partial charge in [0.05, 0.1) is 12.4 Å². The topological polar surface area (TPSA) is 38.4 Å². The van der Waals surface area contributed by atoms with Crippen molar-refractivity contribution in [1.82, 2.24) is 0 Å². The largest absolute Gasteiger partial charge is 0.387 e. The molecule has 0 aliphatic heterocycles. The molecule has 1 aromatic carbocycles. The number of hydrogen-bond acceptors (Lipinski definition) is 1. The van der Waals surface area contributed by atoms with Crippen molar-refractivity contribution in [2.45, 2.75) is 26.3 Å². The SMILES string of the molecule is CCCC(N)=NCc1cccc(Cl)c1. The number of amidine groups is 1. The maximum atomic E-state index is 5.84. The van der Waals surface area contributed by atoms with Crippen molar-refractivity contribution >= 4 is 17.4 Å². The van der Waals surface area contributed by atoms with Crippen molar-refractivity contribution in [2.24, 2.45) is 10.7 Å². The van der Waals surface area contributed by atoms with Crippen LogP contribution < -0.4 is 5.73 Å². The Hall–Kier alpha value is -1.02. The van der Waals surface area contributed by atoms with E-state index in [2.05, 4.69) is 11.9 Å². The predicted molar refractivity (Wildman–Crippen MR) is 61.7 cm³/mol. The molecule has 0 fully saturated rings. The van der Waals surface area contributed by atoms with E-state index in [1.165, 1.54) is 0 Å². The molecule has 2 nitrogen and oxygen atoms in total. The maximum Gasteiger partial charge on any atom is 0.0941 e. The summed E-state index contributed by atoms with van der Waals surface area (Å²) in [5.41, 5.74) is 6.78. The highest BCUT2D eigenvalue weighted by molar-refractivity contribution is 6.30. The third-order valence-corrected chi connectivity index (χ3v) is 2.09. The van der Waals surface area contributed by atoms with Crippen molar-refractivity contribution in [3.63, 3.8) is 0 Å². The van der Waals surface area contributed by atoms with Gasteiger partial charge in [0.1, 0.15) is 0 Å². The molecule has 0 atom stereocenters. The molecule has 0 aromatic heterocycles. The normalized spacial score (nSPS) is 11.7. The van der Waals surface area contributed by atoms with E-state index in [0.29, 0.717) is 12.4 Å². The average molecular weight is 211 g/mol. The maximum absolute atomic E-state index is 5.84. The molecule has 0 heterocycles. The Morgan fingerprint density at radius 1 is 1.50 bits per heavy atom. The Bertz CT molecular complexity index is 321. The first kappa shape index (κ1) is 11.1. The van der Waals surface area contributed by atoms with Gasteiger partial charge in [-0.15, -0.1) is 0 Å². The number of hydrogen-bond donors (Lipinski definition) is 1. The zero-order valence-corrected chi connectivity index (χ0v) is 9.09. The highest BCUT2D eigenvalue weighted by Crippen LogP contribution is 2.11. The van der Waals surface area contributed by atoms with Crippen LogP contribution in [0.5, 0.6) is 0 Å². The fourth-order valence-corrected chi connectivity index (χ4v) is 1.38. The molecule has 1 rings (SSSR count). The van der Waals surface area contributed by atoms with Gasteiger partial charge in [-0.3, -0.25) is 4.99 Å². The minimum atomic E-state index is 0.617. The molecule has 0 saturated heterocycles. The van der Waals surface area contributed by atoms with Crippen molar-refractivity contribution < 1.29 is 0 Å². The number of aliphatic imine (C=N–C) groups is 1. The highest BCUT2D eigenvalue weighted by Gasteiger charge is 1.93. The summed E-state index contributed by atoms with van der Waals surface area (Å²) in [6.45, 7) is 2.70. The van der Waals surface area contributed by atoms with Crippen molar-refractivity contribution in [3.05, 3.63) is 34.9 Å². The Balaban J connectivity index is 2.57. The molecule has 1 aromatic rings. The second-order valence-corrected chi connectivity index (χ2v) is 3.62. The van der Waals surface area contributed by atoms with Gasteiger partial charge in [0, 0.05) is 11.4 Å². The number of halogens is 1. The standard InChI is InChI=1S/C11H15ClN2/c1-2-4-11(13)14-8-9-5-3-6-10(12)7-9/h3,5-7H,2,4,8H2,1H3,(H2,13,14). The van der Waals surface area contributed by atoms with Gasteiger partial charge in [-0.25, -0.2) is 0 Å². The predicted octanol–water partition coefficient (Wildman–Crippen LogP) is 3.00. The van der Waals surface area contributed by atoms with Crippen LogP contribution in [0.2, 0.25) is 5.02 Å². The molecule has 0 aliphatic rings. The van der Waals surface area contributed by atoms with Gasteiger partial charge < -0.3 is 5.73 Å². The van der Waals surface area contributed by atoms with Gasteiger partial charge in [0.15, 0.2) is 0 Å². The lowest BCUT2D eigenvalue weighted by Gasteiger charge is -1.99. The summed E-state index contributed by atoms with van der Waals surface area (Å²) in [4.78, 5) is 4.26. The van der Waals surface area contributed by atoms with Gasteiger partial charge in [-0.2, -0.15) is 0 Å². The number of benzene rings is 1. The van der Waals surface area contributed by atoms with Crippen molar-refractivity contribution in [1.29, 1.82) is 0 Å². The van der Waals surface area contributed by atoms with Crippen LogP contribution in [-0.2, 0) is 6.54 Å². The fraction of sp³-hybridized carbons (Fsp3) is 0.364. The van der Waals surface area contributed by atoms with E-state index in [0.717, 1.165) is 23.4 Å². The third kappa shape index (κ3) is 3.79. The quantitative estimate of drug-likeness (QED) is 0.602. The first-order chi connectivity index (χ1) is 6.72. The van der Waals surface area contributed by atoms with Crippen LogP contribution in [0.3, 0.4) is 0 Å². The first-order valence-electron chi connectivity index (χ1n) is 4.75. The van der Waals surface area contributed by atoms with Gasteiger partial charge in [0.2, 0.25) is 0 Å². The minimum Gasteiger partial charge on any atom is -0.387 e. The molecule has 0 bridgehead atoms. The van der Waals surface area contributed by atoms with Crippen molar-refractivity contribution in [3.8, 4) is 0 Å². The average Bonchev–Trinajstić information content (AvgIpc) is 2.15. The second-order valence-electron chi connectivity index (χ2n) is 3.19. The van der Waals surface area contributed by atoms with Crippen LogP contribution in [0, 0.1) is 0 Å². The van der Waals surface area contributed by atoms with Crippen LogP contribution in [0.4, 0.5) is 0 Å². The van der Waals surface area contributed by atoms with Crippen LogP contribution in [0.25, 0.3) is 0 Å². The molecule has 0 radical (unpaired) electrons. The van der Waals surface area contributed by atoms with Crippen molar-refractivity contribution in [2.75, 3.05) is 0 Å². The van der Waals surface area contributed by atoms with E-state index < -0.39 is 0 Å². The zero-order chi connectivity index (χ0) is 10.4. The number of nitrogens with zero attached hydrogens (tertiary/aromatic N) is 1. The molecule has 0 spiro atoms. The lowest BCUT2D eigenvalue weighted by Crippen LogP contribution is -2.11. The van der Waals surface area contributed by atoms with Crippen LogP contribution in [-0.4, -0.2) is 5.84 Å². The van der Waals surface area contributed by atoms with Crippen LogP contribution in [0.1, 0.15) is 25.3 Å². The molecule has 3 heteroatoms. The zero-order valence-electron chi connectivity index (χ0n) is 8.33. The van der Waals surface area contributed by atoms with Gasteiger partial charge in [-0.1, -0.05) is 30.7 Å². The lowest BCUT2D eigenvalue weighted by atomic mass is 10.2. The summed E-state index contributed by atoms with van der Waals surface area (Å²) in [6, 6.07) is 7.67. The molecule has 0 saturated carbocycles. The Kier molecular flexibility index (Phi) is 4.47. The molecule has 2 N–H and O–H groups in total. The summed E-state index contributed by atoms with van der Waals surface area (Å²) in [5, 5.41) is 0.742. The second kappa shape index (κ2) is 5.66. The molecular weight excluding hydrogens is 196 g/mol. The van der Waals surface area contributed by atoms with Gasteiger partial charge in [0.25, 0.3) is 0 Å². The van der Waals surface area contributed by atoms with E-state index in [1.54, 1.807) is 0 Å². The Morgan fingerprint density at radius 2 is 2.29 bits per heavy atom. The van der Waals surface area contributed by atoms with E-state index >= 15 is 0 Å². The smallest absolute Gasteiger partial charge is 0.0941 e. The Morgan fingerprint density at radius 3 is 2.93 bits per heavy atom. The van der Waals surface area contributed by atoms with Gasteiger partial charge >= 0.3 is 0 Å². The molecule has 0 amide bonds. The minimum absolute atomic E-state index is 0.617. The fourth-order valence-electron chi connectivity index (χ4n) is 1.16. The molecule has 0 unspecified atom stereocenters. The number of nitrogens with two attached hydrogens (primary N) is 1. The lowest BCUT2D eigenvalue weighted by molar-refractivity contribution is 0.954. The summed E-state index contributed by atoms with van der Waals surface area (Å²) >= 11 is 5.84. The summed E-state index contributed by atoms with van der Waals surface area (Å²) in [7, 11) is 0. The van der Waals surface area contributed by atoms with Crippen LogP contribution in [0.15, 0.2) is 29.3 Å². The molecule has 14 heavy (non-hydrogen) atoms. The van der Waals surface area contributed by atoms with Gasteiger partial charge in [-0.05, 0) is 24.1 Å². The summed E-state index contributed by atoms with van der Waals surface area (Å²) < 4.78 is 0. The summed E-state index contributed by atoms with van der Waals surface area (Å²) in [6.07, 6.45) is 1.89. The van der Waals surface area contributed by atoms with Crippen LogP contribution >= 0.6 is 11.6 Å². The monoisotopic (exact) mass is 210 g/mol. The first-order valence-corrected chi connectivity index (χ1v) is 5.13. The molecule has 0 aliphatic carbocycles. The van der Waals surface area contributed by atoms with E-state index in [9.17, 15) is 0 Å². The van der Waals surface area contributed by atoms with E-state index in [1.807, 2.05) is 24.3 Å². The van der Waals surface area contributed by atoms with E-state index in [4.69, 9.17) is 17.3 Å². The van der Waals surface area contributed by atoms with E-state index in [-0.39, 0.29) is 0 Å². The number of rotatable bonds is 4. The third-order valence-electron chi connectivity index (χ3n) is 1.86. The highest BCUT2D eigenvalue weighted by atomic mass is 35.5.